The number of anilines is 1. The molecule has 1 amide bonds. The third kappa shape index (κ3) is 3.31. The zero-order valence-electron chi connectivity index (χ0n) is 11.5. The third-order valence-electron chi connectivity index (χ3n) is 3.42. The van der Waals surface area contributed by atoms with Crippen LogP contribution in [0.4, 0.5) is 5.95 Å². The predicted molar refractivity (Wildman–Crippen MR) is 76.1 cm³/mol. The number of carbonyl (C=O) groups is 1. The lowest BCUT2D eigenvalue weighted by molar-refractivity contribution is -0.133. The number of rotatable bonds is 5. The molecule has 0 radical (unpaired) electrons. The zero-order chi connectivity index (χ0) is 14.8. The van der Waals surface area contributed by atoms with Gasteiger partial charge in [0.05, 0.1) is 0 Å². The van der Waals surface area contributed by atoms with Gasteiger partial charge >= 0.3 is 0 Å². The lowest BCUT2D eigenvalue weighted by Gasteiger charge is -2.22. The molecule has 7 nitrogen and oxygen atoms in total. The Morgan fingerprint density at radius 1 is 1.48 bits per heavy atom. The molecule has 0 unspecified atom stereocenters. The van der Waals surface area contributed by atoms with Crippen LogP contribution < -0.4 is 5.73 Å². The molecule has 0 atom stereocenters. The summed E-state index contributed by atoms with van der Waals surface area (Å²) in [4.78, 5) is 18.1. The number of phenolic OH excluding ortho intramolecular Hbond substituents is 1. The van der Waals surface area contributed by atoms with Crippen molar-refractivity contribution in [3.05, 3.63) is 36.2 Å². The van der Waals surface area contributed by atoms with Crippen molar-refractivity contribution < 1.29 is 9.90 Å². The molecular weight excluding hydrogens is 270 g/mol. The van der Waals surface area contributed by atoms with E-state index < -0.39 is 0 Å². The first kappa shape index (κ1) is 13.4. The molecule has 3 N–H and O–H groups in total. The van der Waals surface area contributed by atoms with E-state index in [0.717, 1.165) is 18.4 Å². The van der Waals surface area contributed by atoms with Crippen molar-refractivity contribution in [2.45, 2.75) is 32.0 Å². The molecule has 0 aliphatic heterocycles. The average Bonchev–Trinajstić information content (AvgIpc) is 3.20. The Morgan fingerprint density at radius 2 is 2.29 bits per heavy atom. The first-order valence-corrected chi connectivity index (χ1v) is 6.84. The molecule has 1 fully saturated rings. The largest absolute Gasteiger partial charge is 0.508 e. The van der Waals surface area contributed by atoms with Gasteiger partial charge in [-0.05, 0) is 30.5 Å². The summed E-state index contributed by atoms with van der Waals surface area (Å²) < 4.78 is 1.44. The lowest BCUT2D eigenvalue weighted by Crippen LogP contribution is -2.35. The minimum Gasteiger partial charge on any atom is -0.508 e. The number of carbonyl (C=O) groups excluding carboxylic acids is 1. The fourth-order valence-corrected chi connectivity index (χ4v) is 2.27. The van der Waals surface area contributed by atoms with Crippen LogP contribution in [0.15, 0.2) is 30.6 Å². The number of nitrogens with zero attached hydrogens (tertiary/aromatic N) is 4. The number of nitrogen functional groups attached to an aromatic ring is 1. The van der Waals surface area contributed by atoms with Gasteiger partial charge in [-0.25, -0.2) is 9.67 Å². The van der Waals surface area contributed by atoms with Crippen molar-refractivity contribution in [2.75, 3.05) is 5.73 Å². The molecule has 0 bridgehead atoms. The molecule has 2 aromatic rings. The van der Waals surface area contributed by atoms with Crippen molar-refractivity contribution in [3.8, 4) is 5.75 Å². The van der Waals surface area contributed by atoms with Crippen LogP contribution in [0, 0.1) is 0 Å². The van der Waals surface area contributed by atoms with Crippen molar-refractivity contribution in [2.24, 2.45) is 0 Å². The first-order valence-electron chi connectivity index (χ1n) is 6.84. The molecule has 1 aliphatic carbocycles. The average molecular weight is 287 g/mol. The summed E-state index contributed by atoms with van der Waals surface area (Å²) in [5.41, 5.74) is 6.36. The Morgan fingerprint density at radius 3 is 2.90 bits per heavy atom. The molecule has 1 saturated carbocycles. The quantitative estimate of drug-likeness (QED) is 0.846. The van der Waals surface area contributed by atoms with E-state index in [1.165, 1.54) is 11.0 Å². The van der Waals surface area contributed by atoms with Gasteiger partial charge in [0.1, 0.15) is 18.6 Å². The number of phenols is 1. The smallest absolute Gasteiger partial charge is 0.244 e. The normalized spacial score (nSPS) is 14.1. The standard InChI is InChI=1S/C14H17N5O2/c15-14-16-9-18(17-14)8-13(21)19(11-4-5-11)7-10-2-1-3-12(20)6-10/h1-3,6,9,11,20H,4-5,7-8H2,(H2,15,17). The number of aromatic hydroxyl groups is 1. The van der Waals surface area contributed by atoms with Gasteiger partial charge < -0.3 is 15.7 Å². The Hall–Kier alpha value is -2.57. The summed E-state index contributed by atoms with van der Waals surface area (Å²) >= 11 is 0. The highest BCUT2D eigenvalue weighted by atomic mass is 16.3. The number of nitrogens with two attached hydrogens (primary N) is 1. The minimum atomic E-state index is -0.0225. The fraction of sp³-hybridized carbons (Fsp3) is 0.357. The van der Waals surface area contributed by atoms with Crippen LogP contribution in [-0.4, -0.2) is 36.7 Å². The van der Waals surface area contributed by atoms with E-state index in [-0.39, 0.29) is 30.2 Å². The van der Waals surface area contributed by atoms with Gasteiger partial charge in [0.25, 0.3) is 0 Å². The van der Waals surface area contributed by atoms with Crippen LogP contribution in [0.5, 0.6) is 5.75 Å². The Bertz CT molecular complexity index is 650. The second-order valence-electron chi connectivity index (χ2n) is 5.22. The van der Waals surface area contributed by atoms with Gasteiger partial charge in [0.15, 0.2) is 0 Å². The van der Waals surface area contributed by atoms with Crippen LogP contribution >= 0.6 is 0 Å². The monoisotopic (exact) mass is 287 g/mol. The minimum absolute atomic E-state index is 0.0225. The summed E-state index contributed by atoms with van der Waals surface area (Å²) in [6, 6.07) is 7.25. The fourth-order valence-electron chi connectivity index (χ4n) is 2.27. The van der Waals surface area contributed by atoms with E-state index in [2.05, 4.69) is 10.1 Å². The number of amides is 1. The summed E-state index contributed by atoms with van der Waals surface area (Å²) in [6.07, 6.45) is 3.49. The van der Waals surface area contributed by atoms with Gasteiger partial charge in [-0.2, -0.15) is 0 Å². The highest BCUT2D eigenvalue weighted by Gasteiger charge is 2.32. The first-order chi connectivity index (χ1) is 10.1. The third-order valence-corrected chi connectivity index (χ3v) is 3.42. The summed E-state index contributed by atoms with van der Waals surface area (Å²) in [7, 11) is 0. The van der Waals surface area contributed by atoms with E-state index in [4.69, 9.17) is 5.73 Å². The maximum Gasteiger partial charge on any atom is 0.244 e. The summed E-state index contributed by atoms with van der Waals surface area (Å²) in [5.74, 6) is 0.347. The van der Waals surface area contributed by atoms with E-state index >= 15 is 0 Å². The Labute approximate surface area is 122 Å². The van der Waals surface area contributed by atoms with Crippen molar-refractivity contribution in [3.63, 3.8) is 0 Å². The van der Waals surface area contributed by atoms with Crippen molar-refractivity contribution in [1.29, 1.82) is 0 Å². The van der Waals surface area contributed by atoms with E-state index in [0.29, 0.717) is 6.54 Å². The molecule has 7 heteroatoms. The van der Waals surface area contributed by atoms with Gasteiger partial charge in [-0.3, -0.25) is 4.79 Å². The van der Waals surface area contributed by atoms with Crippen molar-refractivity contribution >= 4 is 11.9 Å². The SMILES string of the molecule is Nc1ncn(CC(=O)N(Cc2cccc(O)c2)C2CC2)n1. The number of aromatic nitrogens is 3. The molecule has 3 rings (SSSR count). The van der Waals surface area contributed by atoms with Crippen LogP contribution in [-0.2, 0) is 17.9 Å². The Balaban J connectivity index is 1.70. The molecule has 1 aromatic carbocycles. The predicted octanol–water partition coefficient (Wildman–Crippen LogP) is 0.757. The number of hydrogen-bond donors (Lipinski definition) is 2. The van der Waals surface area contributed by atoms with Gasteiger partial charge in [-0.1, -0.05) is 12.1 Å². The highest BCUT2D eigenvalue weighted by Crippen LogP contribution is 2.29. The number of benzene rings is 1. The number of hydrogen-bond acceptors (Lipinski definition) is 5. The molecule has 0 spiro atoms. The van der Waals surface area contributed by atoms with E-state index in [1.54, 1.807) is 18.2 Å². The molecule has 1 heterocycles. The molecule has 110 valence electrons. The highest BCUT2D eigenvalue weighted by molar-refractivity contribution is 5.76. The zero-order valence-corrected chi connectivity index (χ0v) is 11.5. The van der Waals surface area contributed by atoms with Crippen LogP contribution in [0.3, 0.4) is 0 Å². The maximum atomic E-state index is 12.4. The Kier molecular flexibility index (Phi) is 3.47. The summed E-state index contributed by atoms with van der Waals surface area (Å²) in [5, 5.41) is 13.4. The van der Waals surface area contributed by atoms with E-state index in [9.17, 15) is 9.90 Å². The molecule has 0 saturated heterocycles. The van der Waals surface area contributed by atoms with Crippen molar-refractivity contribution in [1.82, 2.24) is 19.7 Å². The van der Waals surface area contributed by atoms with Crippen LogP contribution in [0.25, 0.3) is 0 Å². The molecule has 1 aromatic heterocycles. The molecular formula is C14H17N5O2. The van der Waals surface area contributed by atoms with E-state index in [1.807, 2.05) is 11.0 Å². The second-order valence-corrected chi connectivity index (χ2v) is 5.22. The van der Waals surface area contributed by atoms with Gasteiger partial charge in [-0.15, -0.1) is 5.10 Å². The lowest BCUT2D eigenvalue weighted by atomic mass is 10.2. The summed E-state index contributed by atoms with van der Waals surface area (Å²) in [6.45, 7) is 0.613. The van der Waals surface area contributed by atoms with Gasteiger partial charge in [0, 0.05) is 12.6 Å². The topological polar surface area (TPSA) is 97.3 Å². The van der Waals surface area contributed by atoms with Crippen LogP contribution in [0.1, 0.15) is 18.4 Å². The molecule has 21 heavy (non-hydrogen) atoms. The maximum absolute atomic E-state index is 12.4. The van der Waals surface area contributed by atoms with Crippen LogP contribution in [0.2, 0.25) is 0 Å². The van der Waals surface area contributed by atoms with Gasteiger partial charge in [0.2, 0.25) is 11.9 Å². The second kappa shape index (κ2) is 5.43. The molecule has 1 aliphatic rings.